The summed E-state index contributed by atoms with van der Waals surface area (Å²) in [6, 6.07) is 0. The summed E-state index contributed by atoms with van der Waals surface area (Å²) in [5.74, 6) is -0.0487. The van der Waals surface area contributed by atoms with Crippen molar-refractivity contribution in [2.45, 2.75) is 26.8 Å². The van der Waals surface area contributed by atoms with E-state index in [1.807, 2.05) is 13.8 Å². The predicted molar refractivity (Wildman–Crippen MR) is 61.1 cm³/mol. The first-order valence-electron chi connectivity index (χ1n) is 5.11. The van der Waals surface area contributed by atoms with Gasteiger partial charge in [0.25, 0.3) is 0 Å². The van der Waals surface area contributed by atoms with Crippen LogP contribution in [0.25, 0.3) is 0 Å². The van der Waals surface area contributed by atoms with Crippen molar-refractivity contribution in [3.63, 3.8) is 0 Å². The lowest BCUT2D eigenvalue weighted by Gasteiger charge is -1.98. The molecule has 1 aromatic rings. The normalized spacial score (nSPS) is 9.44. The number of nitrogens with two attached hydrogens (primary N) is 1. The first-order valence-corrected chi connectivity index (χ1v) is 5.11. The van der Waals surface area contributed by atoms with Gasteiger partial charge in [0.1, 0.15) is 6.20 Å². The van der Waals surface area contributed by atoms with Crippen molar-refractivity contribution < 1.29 is 9.66 Å². The maximum absolute atomic E-state index is 10.4. The summed E-state index contributed by atoms with van der Waals surface area (Å²) in [7, 11) is 1.60. The Morgan fingerprint density at radius 2 is 2.25 bits per heavy atom. The molecule has 0 fully saturated rings. The maximum atomic E-state index is 10.4. The van der Waals surface area contributed by atoms with E-state index in [1.54, 1.807) is 7.11 Å². The van der Waals surface area contributed by atoms with Gasteiger partial charge in [0, 0.05) is 20.3 Å². The van der Waals surface area contributed by atoms with Crippen LogP contribution < -0.4 is 5.73 Å². The molecule has 1 rings (SSSR count). The zero-order valence-corrected chi connectivity index (χ0v) is 9.84. The average Bonchev–Trinajstić information content (AvgIpc) is 2.63. The van der Waals surface area contributed by atoms with Gasteiger partial charge in [-0.25, -0.2) is 0 Å². The fraction of sp³-hybridized carbons (Fsp3) is 0.667. The van der Waals surface area contributed by atoms with E-state index in [0.717, 1.165) is 6.42 Å². The molecule has 7 heteroatoms. The van der Waals surface area contributed by atoms with Crippen LogP contribution in [-0.2, 0) is 11.3 Å². The fourth-order valence-electron chi connectivity index (χ4n) is 1.05. The van der Waals surface area contributed by atoms with Crippen LogP contribution in [0.3, 0.4) is 0 Å². The molecule has 16 heavy (non-hydrogen) atoms. The minimum atomic E-state index is -0.546. The molecule has 0 aliphatic carbocycles. The zero-order chi connectivity index (χ0) is 12.6. The van der Waals surface area contributed by atoms with Gasteiger partial charge in [-0.1, -0.05) is 13.8 Å². The lowest BCUT2D eigenvalue weighted by molar-refractivity contribution is -0.384. The molecule has 1 aromatic heterocycles. The summed E-state index contributed by atoms with van der Waals surface area (Å²) in [4.78, 5) is 9.87. The summed E-state index contributed by atoms with van der Waals surface area (Å²) in [5, 5.41) is 14.2. The first-order chi connectivity index (χ1) is 7.65. The second kappa shape index (κ2) is 7.63. The third kappa shape index (κ3) is 4.26. The lowest BCUT2D eigenvalue weighted by Crippen LogP contribution is -2.02. The number of methoxy groups -OCH3 is 1. The molecule has 1 heterocycles. The van der Waals surface area contributed by atoms with Crippen LogP contribution in [0.15, 0.2) is 6.20 Å². The highest BCUT2D eigenvalue weighted by Gasteiger charge is 2.15. The van der Waals surface area contributed by atoms with Crippen molar-refractivity contribution in [1.82, 2.24) is 9.78 Å². The van der Waals surface area contributed by atoms with E-state index in [0.29, 0.717) is 13.2 Å². The number of anilines is 1. The third-order valence-corrected chi connectivity index (χ3v) is 1.70. The minimum Gasteiger partial charge on any atom is -0.385 e. The monoisotopic (exact) mass is 230 g/mol. The lowest BCUT2D eigenvalue weighted by atomic mass is 10.4. The molecular formula is C9H18N4O3. The molecule has 7 nitrogen and oxygen atoms in total. The molecule has 0 bridgehead atoms. The quantitative estimate of drug-likeness (QED) is 0.469. The topological polar surface area (TPSA) is 96.2 Å². The van der Waals surface area contributed by atoms with Gasteiger partial charge in [0.15, 0.2) is 0 Å². The number of hydrogen-bond donors (Lipinski definition) is 1. The largest absolute Gasteiger partial charge is 0.385 e. The Hall–Kier alpha value is -1.63. The standard InChI is InChI=1S/C7H12N4O3.C2H6/c1-14-4-2-3-10-5-6(11(12)13)7(8)9-10;1-2/h5H,2-4H2,1H3,(H2,8,9);1-2H3. The zero-order valence-electron chi connectivity index (χ0n) is 9.84. The molecule has 0 unspecified atom stereocenters. The number of aromatic nitrogens is 2. The smallest absolute Gasteiger partial charge is 0.330 e. The molecule has 0 saturated carbocycles. The number of nitrogens with zero attached hydrogens (tertiary/aromatic N) is 3. The highest BCUT2D eigenvalue weighted by molar-refractivity contribution is 5.50. The van der Waals surface area contributed by atoms with E-state index in [2.05, 4.69) is 5.10 Å². The van der Waals surface area contributed by atoms with Crippen LogP contribution >= 0.6 is 0 Å². The van der Waals surface area contributed by atoms with Crippen molar-refractivity contribution in [1.29, 1.82) is 0 Å². The minimum absolute atomic E-state index is 0.0487. The molecule has 0 spiro atoms. The molecule has 0 atom stereocenters. The molecule has 2 N–H and O–H groups in total. The Morgan fingerprint density at radius 3 is 2.69 bits per heavy atom. The van der Waals surface area contributed by atoms with Gasteiger partial charge < -0.3 is 10.5 Å². The molecule has 0 aliphatic rings. The molecule has 92 valence electrons. The molecule has 0 amide bonds. The van der Waals surface area contributed by atoms with Gasteiger partial charge in [0.2, 0.25) is 5.82 Å². The van der Waals surface area contributed by atoms with E-state index in [4.69, 9.17) is 10.5 Å². The van der Waals surface area contributed by atoms with Gasteiger partial charge in [0.05, 0.1) is 4.92 Å². The van der Waals surface area contributed by atoms with E-state index < -0.39 is 4.92 Å². The Labute approximate surface area is 94.3 Å². The van der Waals surface area contributed by atoms with Crippen molar-refractivity contribution >= 4 is 11.5 Å². The van der Waals surface area contributed by atoms with Crippen molar-refractivity contribution in [2.24, 2.45) is 0 Å². The highest BCUT2D eigenvalue weighted by Crippen LogP contribution is 2.18. The average molecular weight is 230 g/mol. The second-order valence-corrected chi connectivity index (χ2v) is 2.77. The van der Waals surface area contributed by atoms with Gasteiger partial charge in [-0.3, -0.25) is 14.8 Å². The van der Waals surface area contributed by atoms with Crippen molar-refractivity contribution in [3.8, 4) is 0 Å². The van der Waals surface area contributed by atoms with Gasteiger partial charge in [-0.2, -0.15) is 0 Å². The van der Waals surface area contributed by atoms with E-state index >= 15 is 0 Å². The molecular weight excluding hydrogens is 212 g/mol. The van der Waals surface area contributed by atoms with Gasteiger partial charge in [-0.15, -0.1) is 5.10 Å². The van der Waals surface area contributed by atoms with Crippen molar-refractivity contribution in [3.05, 3.63) is 16.3 Å². The number of nitro groups is 1. The van der Waals surface area contributed by atoms with Crippen LogP contribution in [-0.4, -0.2) is 28.4 Å². The van der Waals surface area contributed by atoms with Crippen LogP contribution in [0, 0.1) is 10.1 Å². The molecule has 0 aliphatic heterocycles. The summed E-state index contributed by atoms with van der Waals surface area (Å²) in [6.07, 6.45) is 2.07. The van der Waals surface area contributed by atoms with Crippen LogP contribution in [0.1, 0.15) is 20.3 Å². The van der Waals surface area contributed by atoms with E-state index in [9.17, 15) is 10.1 Å². The second-order valence-electron chi connectivity index (χ2n) is 2.77. The van der Waals surface area contributed by atoms with E-state index in [1.165, 1.54) is 10.9 Å². The van der Waals surface area contributed by atoms with Gasteiger partial charge >= 0.3 is 5.69 Å². The van der Waals surface area contributed by atoms with Gasteiger partial charge in [-0.05, 0) is 6.42 Å². The Bertz CT molecular complexity index is 325. The molecule has 0 aromatic carbocycles. The number of nitrogen functional groups attached to an aromatic ring is 1. The number of rotatable bonds is 5. The maximum Gasteiger partial charge on any atom is 0.330 e. The molecule has 0 saturated heterocycles. The predicted octanol–water partition coefficient (Wildman–Crippen LogP) is 1.44. The van der Waals surface area contributed by atoms with Crippen LogP contribution in [0.2, 0.25) is 0 Å². The fourth-order valence-corrected chi connectivity index (χ4v) is 1.05. The molecule has 0 radical (unpaired) electrons. The van der Waals surface area contributed by atoms with Crippen LogP contribution in [0.4, 0.5) is 11.5 Å². The number of hydrogen-bond acceptors (Lipinski definition) is 5. The Balaban J connectivity index is 0.00000106. The highest BCUT2D eigenvalue weighted by atomic mass is 16.6. The van der Waals surface area contributed by atoms with Crippen molar-refractivity contribution in [2.75, 3.05) is 19.5 Å². The first kappa shape index (κ1) is 14.4. The van der Waals surface area contributed by atoms with Crippen LogP contribution in [0.5, 0.6) is 0 Å². The summed E-state index contributed by atoms with van der Waals surface area (Å²) >= 11 is 0. The third-order valence-electron chi connectivity index (χ3n) is 1.70. The Kier molecular flexibility index (Phi) is 6.86. The summed E-state index contributed by atoms with van der Waals surface area (Å²) in [6.45, 7) is 5.15. The SMILES string of the molecule is CC.COCCCn1cc([N+](=O)[O-])c(N)n1. The number of aryl methyl sites for hydroxylation is 1. The number of ether oxygens (including phenoxy) is 1. The summed E-state index contributed by atoms with van der Waals surface area (Å²) in [5.41, 5.74) is 5.19. The Morgan fingerprint density at radius 1 is 1.62 bits per heavy atom. The summed E-state index contributed by atoms with van der Waals surface area (Å²) < 4.78 is 6.29. The van der Waals surface area contributed by atoms with E-state index in [-0.39, 0.29) is 11.5 Å².